The fourth-order valence-corrected chi connectivity index (χ4v) is 5.58. The fourth-order valence-electron chi connectivity index (χ4n) is 5.58. The average molecular weight is 547 g/mol. The number of fused-ring (bicyclic) bond motifs is 1. The summed E-state index contributed by atoms with van der Waals surface area (Å²) in [6.45, 7) is 14.9. The summed E-state index contributed by atoms with van der Waals surface area (Å²) >= 11 is 0. The molecule has 1 fully saturated rings. The summed E-state index contributed by atoms with van der Waals surface area (Å²) < 4.78 is 7.73. The van der Waals surface area contributed by atoms with E-state index in [9.17, 15) is 4.79 Å². The summed E-state index contributed by atoms with van der Waals surface area (Å²) in [7, 11) is 1.69. The van der Waals surface area contributed by atoms with Crippen LogP contribution in [-0.2, 0) is 6.54 Å². The van der Waals surface area contributed by atoms with Crippen molar-refractivity contribution in [3.8, 4) is 17.1 Å². The highest BCUT2D eigenvalue weighted by atomic mass is 16.5. The molecule has 1 saturated heterocycles. The van der Waals surface area contributed by atoms with Crippen LogP contribution in [0.3, 0.4) is 0 Å². The van der Waals surface area contributed by atoms with Crippen molar-refractivity contribution in [2.45, 2.75) is 79.2 Å². The van der Waals surface area contributed by atoms with E-state index in [-0.39, 0.29) is 5.91 Å². The number of rotatable bonds is 13. The third kappa shape index (κ3) is 8.09. The van der Waals surface area contributed by atoms with Gasteiger partial charge in [0, 0.05) is 30.8 Å². The Hall–Kier alpha value is -2.86. The molecule has 6 nitrogen and oxygen atoms in total. The first-order chi connectivity index (χ1) is 19.4. The Morgan fingerprint density at radius 3 is 2.15 bits per heavy atom. The summed E-state index contributed by atoms with van der Waals surface area (Å²) in [6.07, 6.45) is 8.41. The number of hydrogen-bond donors (Lipinski definition) is 0. The molecule has 2 aromatic carbocycles. The van der Waals surface area contributed by atoms with Gasteiger partial charge in [-0.25, -0.2) is 4.98 Å². The molecule has 1 amide bonds. The normalized spacial score (nSPS) is 14.7. The van der Waals surface area contributed by atoms with Crippen molar-refractivity contribution < 1.29 is 9.53 Å². The number of likely N-dealkylation sites (tertiary alicyclic amines) is 1. The maximum Gasteiger partial charge on any atom is 0.253 e. The molecule has 0 radical (unpaired) electrons. The van der Waals surface area contributed by atoms with Crippen LogP contribution in [0.4, 0.5) is 0 Å². The molecule has 4 rings (SSSR count). The Bertz CT molecular complexity index is 1190. The summed E-state index contributed by atoms with van der Waals surface area (Å²) in [5, 5.41) is 0. The zero-order valence-corrected chi connectivity index (χ0v) is 25.5. The predicted octanol–water partition coefficient (Wildman–Crippen LogP) is 7.51. The van der Waals surface area contributed by atoms with Gasteiger partial charge in [0.25, 0.3) is 5.91 Å². The Morgan fingerprint density at radius 1 is 0.900 bits per heavy atom. The quantitative estimate of drug-likeness (QED) is 0.223. The van der Waals surface area contributed by atoms with Crippen LogP contribution in [0, 0.1) is 11.8 Å². The van der Waals surface area contributed by atoms with Crippen LogP contribution in [-0.4, -0.2) is 65.1 Å². The monoisotopic (exact) mass is 546 g/mol. The van der Waals surface area contributed by atoms with Crippen LogP contribution in [0.25, 0.3) is 22.4 Å². The number of carbonyl (C=O) groups excluding carboxylic acids is 1. The SMILES string of the molecule is COc1ccc(-c2nc3ccc(C(=O)N(CCC(C)C)CCC(C)C)cc3n2CCCN2CCCCCC2)cc1. The van der Waals surface area contributed by atoms with E-state index >= 15 is 0 Å². The highest BCUT2D eigenvalue weighted by Crippen LogP contribution is 2.28. The number of nitrogens with zero attached hydrogens (tertiary/aromatic N) is 4. The van der Waals surface area contributed by atoms with Gasteiger partial charge in [0.05, 0.1) is 18.1 Å². The van der Waals surface area contributed by atoms with Crippen molar-refractivity contribution in [1.29, 1.82) is 0 Å². The van der Waals surface area contributed by atoms with Crippen molar-refractivity contribution in [3.63, 3.8) is 0 Å². The predicted molar refractivity (Wildman–Crippen MR) is 166 cm³/mol. The molecule has 1 aliphatic heterocycles. The second-order valence-corrected chi connectivity index (χ2v) is 12.3. The molecule has 0 spiro atoms. The summed E-state index contributed by atoms with van der Waals surface area (Å²) in [4.78, 5) is 23.5. The largest absolute Gasteiger partial charge is 0.497 e. The minimum absolute atomic E-state index is 0.131. The number of aryl methyl sites for hydroxylation is 1. The Labute approximate surface area is 241 Å². The Balaban J connectivity index is 1.64. The molecular weight excluding hydrogens is 496 g/mol. The second-order valence-electron chi connectivity index (χ2n) is 12.3. The zero-order chi connectivity index (χ0) is 28.5. The maximum atomic E-state index is 13.8. The molecule has 0 N–H and O–H groups in total. The van der Waals surface area contributed by atoms with E-state index in [1.807, 2.05) is 24.3 Å². The van der Waals surface area contributed by atoms with Crippen LogP contribution < -0.4 is 4.74 Å². The smallest absolute Gasteiger partial charge is 0.253 e. The van der Waals surface area contributed by atoms with Crippen molar-refractivity contribution in [2.75, 3.05) is 39.8 Å². The van der Waals surface area contributed by atoms with Gasteiger partial charge in [-0.3, -0.25) is 4.79 Å². The molecule has 0 bridgehead atoms. The first-order valence-electron chi connectivity index (χ1n) is 15.5. The number of benzene rings is 2. The maximum absolute atomic E-state index is 13.8. The molecule has 0 aliphatic carbocycles. The highest BCUT2D eigenvalue weighted by Gasteiger charge is 2.20. The number of hydrogen-bond acceptors (Lipinski definition) is 4. The summed E-state index contributed by atoms with van der Waals surface area (Å²) in [5.74, 6) is 3.05. The summed E-state index contributed by atoms with van der Waals surface area (Å²) in [5.41, 5.74) is 3.80. The number of carbonyl (C=O) groups is 1. The van der Waals surface area contributed by atoms with E-state index in [1.54, 1.807) is 7.11 Å². The lowest BCUT2D eigenvalue weighted by atomic mass is 10.1. The van der Waals surface area contributed by atoms with E-state index < -0.39 is 0 Å². The lowest BCUT2D eigenvalue weighted by molar-refractivity contribution is 0.0741. The molecule has 6 heteroatoms. The topological polar surface area (TPSA) is 50.6 Å². The van der Waals surface area contributed by atoms with Gasteiger partial charge in [0.1, 0.15) is 11.6 Å². The van der Waals surface area contributed by atoms with Crippen molar-refractivity contribution >= 4 is 16.9 Å². The lowest BCUT2D eigenvalue weighted by Gasteiger charge is -2.25. The molecule has 218 valence electrons. The summed E-state index contributed by atoms with van der Waals surface area (Å²) in [6, 6.07) is 14.2. The molecular formula is C34H50N4O2. The minimum Gasteiger partial charge on any atom is -0.497 e. The highest BCUT2D eigenvalue weighted by molar-refractivity contribution is 5.98. The zero-order valence-electron chi connectivity index (χ0n) is 25.5. The molecule has 0 atom stereocenters. The number of ether oxygens (including phenoxy) is 1. The lowest BCUT2D eigenvalue weighted by Crippen LogP contribution is -2.34. The molecule has 3 aromatic rings. The first kappa shape index (κ1) is 30.1. The van der Waals surface area contributed by atoms with Crippen LogP contribution in [0.15, 0.2) is 42.5 Å². The van der Waals surface area contributed by atoms with Crippen LogP contribution >= 0.6 is 0 Å². The van der Waals surface area contributed by atoms with E-state index in [0.717, 1.165) is 79.2 Å². The van der Waals surface area contributed by atoms with Crippen LogP contribution in [0.1, 0.15) is 83.0 Å². The van der Waals surface area contributed by atoms with Gasteiger partial charge >= 0.3 is 0 Å². The second kappa shape index (κ2) is 14.7. The van der Waals surface area contributed by atoms with Crippen molar-refractivity contribution in [2.24, 2.45) is 11.8 Å². The van der Waals surface area contributed by atoms with Crippen molar-refractivity contribution in [3.05, 3.63) is 48.0 Å². The average Bonchev–Trinajstić information content (AvgIpc) is 3.10. The van der Waals surface area contributed by atoms with Gasteiger partial charge in [0.2, 0.25) is 0 Å². The third-order valence-corrected chi connectivity index (χ3v) is 8.14. The number of aromatic nitrogens is 2. The number of amides is 1. The van der Waals surface area contributed by atoms with E-state index in [0.29, 0.717) is 11.8 Å². The van der Waals surface area contributed by atoms with E-state index in [4.69, 9.17) is 9.72 Å². The molecule has 1 aliphatic rings. The minimum atomic E-state index is 0.131. The molecule has 40 heavy (non-hydrogen) atoms. The standard InChI is InChI=1S/C34H50N4O2/c1-26(2)17-23-37(24-18-27(3)4)34(39)29-13-16-31-32(25-29)38(22-10-21-36-19-8-6-7-9-20-36)33(35-31)28-11-14-30(40-5)15-12-28/h11-16,25-27H,6-10,17-24H2,1-5H3. The van der Waals surface area contributed by atoms with Gasteiger partial charge in [-0.1, -0.05) is 40.5 Å². The first-order valence-corrected chi connectivity index (χ1v) is 15.5. The number of imidazole rings is 1. The van der Waals surface area contributed by atoms with E-state index in [1.165, 1.54) is 38.8 Å². The molecule has 0 unspecified atom stereocenters. The molecule has 1 aromatic heterocycles. The Kier molecular flexibility index (Phi) is 11.0. The van der Waals surface area contributed by atoms with Gasteiger partial charge in [-0.05, 0) is 106 Å². The molecule has 0 saturated carbocycles. The fraction of sp³-hybridized carbons (Fsp3) is 0.588. The Morgan fingerprint density at radius 2 is 1.55 bits per heavy atom. The van der Waals surface area contributed by atoms with E-state index in [2.05, 4.69) is 60.3 Å². The van der Waals surface area contributed by atoms with Crippen LogP contribution in [0.5, 0.6) is 5.75 Å². The van der Waals surface area contributed by atoms with Gasteiger partial charge in [-0.2, -0.15) is 0 Å². The third-order valence-electron chi connectivity index (χ3n) is 8.14. The van der Waals surface area contributed by atoms with Gasteiger partial charge in [-0.15, -0.1) is 0 Å². The van der Waals surface area contributed by atoms with Crippen molar-refractivity contribution in [1.82, 2.24) is 19.4 Å². The van der Waals surface area contributed by atoms with Gasteiger partial charge in [0.15, 0.2) is 0 Å². The van der Waals surface area contributed by atoms with Crippen LogP contribution in [0.2, 0.25) is 0 Å². The van der Waals surface area contributed by atoms with Gasteiger partial charge < -0.3 is 19.1 Å². The number of methoxy groups -OCH3 is 1. The molecule has 2 heterocycles.